The molecule has 0 saturated heterocycles. The Morgan fingerprint density at radius 1 is 1.07 bits per heavy atom. The maximum absolute atomic E-state index is 12.4. The summed E-state index contributed by atoms with van der Waals surface area (Å²) < 4.78 is 16.1. The zero-order valence-electron chi connectivity index (χ0n) is 16.8. The number of benzene rings is 2. The van der Waals surface area contributed by atoms with Crippen molar-refractivity contribution >= 4 is 22.8 Å². The van der Waals surface area contributed by atoms with Crippen LogP contribution in [0.4, 0.5) is 0 Å². The molecule has 0 aliphatic heterocycles. The minimum atomic E-state index is -0.627. The average Bonchev–Trinajstić information content (AvgIpc) is 2.71. The molecule has 1 heterocycles. The highest BCUT2D eigenvalue weighted by molar-refractivity contribution is 6.05. The molecule has 0 aliphatic carbocycles. The van der Waals surface area contributed by atoms with Crippen LogP contribution < -0.4 is 9.47 Å². The van der Waals surface area contributed by atoms with Crippen molar-refractivity contribution in [1.82, 2.24) is 9.97 Å². The Balaban J connectivity index is 2.04. The van der Waals surface area contributed by atoms with Crippen molar-refractivity contribution in [2.45, 2.75) is 27.4 Å². The lowest BCUT2D eigenvalue weighted by Crippen LogP contribution is -2.13. The minimum absolute atomic E-state index is 0.0204. The Kier molecular flexibility index (Phi) is 6.07. The molecular weight excluding hydrogens is 372 g/mol. The van der Waals surface area contributed by atoms with E-state index in [1.807, 2.05) is 31.2 Å². The number of carbonyl (C=O) groups excluding carboxylic acids is 2. The Bertz CT molecular complexity index is 1060. The van der Waals surface area contributed by atoms with Crippen molar-refractivity contribution < 1.29 is 23.8 Å². The van der Waals surface area contributed by atoms with Gasteiger partial charge in [0.25, 0.3) is 0 Å². The molecule has 29 heavy (non-hydrogen) atoms. The van der Waals surface area contributed by atoms with E-state index in [1.54, 1.807) is 26.2 Å². The number of nitrogens with zero attached hydrogens (tertiary/aromatic N) is 2. The Morgan fingerprint density at radius 3 is 2.41 bits per heavy atom. The Labute approximate surface area is 168 Å². The van der Waals surface area contributed by atoms with Crippen molar-refractivity contribution in [3.63, 3.8) is 0 Å². The van der Waals surface area contributed by atoms with Gasteiger partial charge in [-0.3, -0.25) is 4.79 Å². The molecule has 0 bridgehead atoms. The standard InChI is InChI=1S/C22H22N2O5/c1-5-28-22(26)20-21(29-12-15-6-8-16(27-4)9-7-15)24-19-17(14(3)25)10-13(2)11-18(19)23-20/h6-11H,5,12H2,1-4H3. The Morgan fingerprint density at radius 2 is 1.79 bits per heavy atom. The monoisotopic (exact) mass is 394 g/mol. The van der Waals surface area contributed by atoms with Gasteiger partial charge >= 0.3 is 5.97 Å². The predicted molar refractivity (Wildman–Crippen MR) is 108 cm³/mol. The highest BCUT2D eigenvalue weighted by Crippen LogP contribution is 2.25. The SMILES string of the molecule is CCOC(=O)c1nc2cc(C)cc(C(C)=O)c2nc1OCc1ccc(OC)cc1. The topological polar surface area (TPSA) is 87.6 Å². The third-order valence-corrected chi connectivity index (χ3v) is 4.27. The van der Waals surface area contributed by atoms with Crippen LogP contribution in [0, 0.1) is 6.92 Å². The summed E-state index contributed by atoms with van der Waals surface area (Å²) in [6, 6.07) is 10.8. The van der Waals surface area contributed by atoms with E-state index in [0.29, 0.717) is 16.6 Å². The zero-order valence-corrected chi connectivity index (χ0v) is 16.8. The van der Waals surface area contributed by atoms with Crippen LogP contribution in [-0.2, 0) is 11.3 Å². The first-order valence-corrected chi connectivity index (χ1v) is 9.19. The summed E-state index contributed by atoms with van der Waals surface area (Å²) in [4.78, 5) is 33.4. The number of Topliss-reactive ketones (excluding diaryl/α,β-unsaturated/α-hetero) is 1. The van der Waals surface area contributed by atoms with Crippen LogP contribution in [0.2, 0.25) is 0 Å². The van der Waals surface area contributed by atoms with Gasteiger partial charge in [-0.2, -0.15) is 0 Å². The summed E-state index contributed by atoms with van der Waals surface area (Å²) in [5.41, 5.74) is 2.94. The maximum atomic E-state index is 12.4. The van der Waals surface area contributed by atoms with Gasteiger partial charge in [0.1, 0.15) is 17.9 Å². The van der Waals surface area contributed by atoms with Crippen molar-refractivity contribution in [3.8, 4) is 11.6 Å². The van der Waals surface area contributed by atoms with Gasteiger partial charge in [-0.25, -0.2) is 14.8 Å². The van der Waals surface area contributed by atoms with Gasteiger partial charge in [0.05, 0.1) is 19.2 Å². The number of hydrogen-bond acceptors (Lipinski definition) is 7. The van der Waals surface area contributed by atoms with Gasteiger partial charge in [-0.1, -0.05) is 12.1 Å². The van der Waals surface area contributed by atoms with Crippen molar-refractivity contribution in [3.05, 3.63) is 58.8 Å². The van der Waals surface area contributed by atoms with E-state index in [4.69, 9.17) is 14.2 Å². The molecule has 1 aromatic heterocycles. The second-order valence-corrected chi connectivity index (χ2v) is 6.47. The van der Waals surface area contributed by atoms with Crippen molar-refractivity contribution in [2.75, 3.05) is 13.7 Å². The highest BCUT2D eigenvalue weighted by atomic mass is 16.5. The molecule has 150 valence electrons. The molecule has 3 rings (SSSR count). The molecule has 0 atom stereocenters. The zero-order chi connectivity index (χ0) is 21.0. The molecule has 0 radical (unpaired) electrons. The lowest BCUT2D eigenvalue weighted by Gasteiger charge is -2.12. The molecule has 7 nitrogen and oxygen atoms in total. The summed E-state index contributed by atoms with van der Waals surface area (Å²) in [5.74, 6) is -0.0125. The molecule has 0 amide bonds. The third kappa shape index (κ3) is 4.51. The molecule has 0 fully saturated rings. The van der Waals surface area contributed by atoms with Crippen molar-refractivity contribution in [1.29, 1.82) is 0 Å². The number of esters is 1. The molecule has 2 aromatic carbocycles. The van der Waals surface area contributed by atoms with E-state index in [1.165, 1.54) is 6.92 Å². The number of rotatable bonds is 7. The lowest BCUT2D eigenvalue weighted by atomic mass is 10.1. The van der Waals surface area contributed by atoms with Gasteiger partial charge in [-0.05, 0) is 56.2 Å². The summed E-state index contributed by atoms with van der Waals surface area (Å²) in [5, 5.41) is 0. The fourth-order valence-corrected chi connectivity index (χ4v) is 2.86. The first-order chi connectivity index (χ1) is 13.9. The van der Waals surface area contributed by atoms with Gasteiger partial charge in [0.15, 0.2) is 5.78 Å². The molecule has 0 unspecified atom stereocenters. The molecule has 0 spiro atoms. The van der Waals surface area contributed by atoms with E-state index in [9.17, 15) is 9.59 Å². The van der Waals surface area contributed by atoms with Gasteiger partial charge in [0, 0.05) is 5.56 Å². The number of aryl methyl sites for hydroxylation is 1. The largest absolute Gasteiger partial charge is 0.497 e. The maximum Gasteiger partial charge on any atom is 0.362 e. The number of fused-ring (bicyclic) bond motifs is 1. The first kappa shape index (κ1) is 20.3. The normalized spacial score (nSPS) is 10.6. The molecule has 0 aliphatic rings. The number of ketones is 1. The Hall–Kier alpha value is -3.48. The summed E-state index contributed by atoms with van der Waals surface area (Å²) >= 11 is 0. The number of hydrogen-bond donors (Lipinski definition) is 0. The van der Waals surface area contributed by atoms with Crippen molar-refractivity contribution in [2.24, 2.45) is 0 Å². The van der Waals surface area contributed by atoms with Gasteiger partial charge in [-0.15, -0.1) is 0 Å². The molecular formula is C22H22N2O5. The summed E-state index contributed by atoms with van der Waals surface area (Å²) in [6.45, 7) is 5.39. The minimum Gasteiger partial charge on any atom is -0.497 e. The summed E-state index contributed by atoms with van der Waals surface area (Å²) in [7, 11) is 1.59. The fraction of sp³-hybridized carbons (Fsp3) is 0.273. The van der Waals surface area contributed by atoms with E-state index in [0.717, 1.165) is 16.9 Å². The first-order valence-electron chi connectivity index (χ1n) is 9.19. The fourth-order valence-electron chi connectivity index (χ4n) is 2.86. The van der Waals surface area contributed by atoms with Crippen LogP contribution in [0.5, 0.6) is 11.6 Å². The number of carbonyl (C=O) groups is 2. The van der Waals surface area contributed by atoms with E-state index in [-0.39, 0.29) is 30.6 Å². The van der Waals surface area contributed by atoms with E-state index >= 15 is 0 Å². The molecule has 0 N–H and O–H groups in total. The van der Waals surface area contributed by atoms with Crippen LogP contribution in [0.15, 0.2) is 36.4 Å². The summed E-state index contributed by atoms with van der Waals surface area (Å²) in [6.07, 6.45) is 0. The number of ether oxygens (including phenoxy) is 3. The van der Waals surface area contributed by atoms with Crippen LogP contribution >= 0.6 is 0 Å². The highest BCUT2D eigenvalue weighted by Gasteiger charge is 2.21. The third-order valence-electron chi connectivity index (χ3n) is 4.27. The molecule has 0 saturated carbocycles. The average molecular weight is 394 g/mol. The van der Waals surface area contributed by atoms with Crippen LogP contribution in [0.3, 0.4) is 0 Å². The lowest BCUT2D eigenvalue weighted by molar-refractivity contribution is 0.0513. The number of methoxy groups -OCH3 is 1. The smallest absolute Gasteiger partial charge is 0.362 e. The van der Waals surface area contributed by atoms with Crippen LogP contribution in [-0.4, -0.2) is 35.4 Å². The van der Waals surface area contributed by atoms with E-state index < -0.39 is 5.97 Å². The molecule has 3 aromatic rings. The van der Waals surface area contributed by atoms with Gasteiger partial charge < -0.3 is 14.2 Å². The van der Waals surface area contributed by atoms with Gasteiger partial charge in [0.2, 0.25) is 11.6 Å². The van der Waals surface area contributed by atoms with Crippen LogP contribution in [0.1, 0.15) is 45.8 Å². The quantitative estimate of drug-likeness (QED) is 0.443. The van der Waals surface area contributed by atoms with E-state index in [2.05, 4.69) is 9.97 Å². The second-order valence-electron chi connectivity index (χ2n) is 6.47. The number of aromatic nitrogens is 2. The van der Waals surface area contributed by atoms with Crippen LogP contribution in [0.25, 0.3) is 11.0 Å². The second kappa shape index (κ2) is 8.68. The predicted octanol–water partition coefficient (Wildman–Crippen LogP) is 3.91. The molecule has 7 heteroatoms.